The minimum absolute atomic E-state index is 0.0595. The number of hydrogen-bond donors (Lipinski definition) is 3. The number of halogens is 3. The van der Waals surface area contributed by atoms with Crippen LogP contribution in [0.5, 0.6) is 0 Å². The van der Waals surface area contributed by atoms with Crippen molar-refractivity contribution in [1.82, 2.24) is 34.7 Å². The number of nitrogens with one attached hydrogen (secondary N) is 2. The largest absolute Gasteiger partial charge is 0.393 e. The summed E-state index contributed by atoms with van der Waals surface area (Å²) in [5, 5.41) is 24.5. The normalized spacial score (nSPS) is 18.0. The first-order chi connectivity index (χ1) is 17.4. The standard InChI is InChI=1S/C23H23ClF2N8O2/c24-13-6-28-22-17(9-30-34(22)10-13)19-5-20(31-15-7-29-33(11-15)12-21(25)26)18(8-27-19)23(36)32-14-1-3-16(35)4-2-14/h5-11,14,16,21,35H,1-4,12H2,(H,27,31)(H,32,36)/t14-,16-. The fourth-order valence-electron chi connectivity index (χ4n) is 4.23. The van der Waals surface area contributed by atoms with E-state index >= 15 is 0 Å². The number of aromatic nitrogens is 6. The van der Waals surface area contributed by atoms with Crippen molar-refractivity contribution in [1.29, 1.82) is 0 Å². The summed E-state index contributed by atoms with van der Waals surface area (Å²) in [5.74, 6) is -0.331. The van der Waals surface area contributed by atoms with Crippen LogP contribution in [0.1, 0.15) is 36.0 Å². The predicted molar refractivity (Wildman–Crippen MR) is 128 cm³/mol. The van der Waals surface area contributed by atoms with Crippen LogP contribution < -0.4 is 10.6 Å². The Hall–Kier alpha value is -3.64. The fourth-order valence-corrected chi connectivity index (χ4v) is 4.37. The van der Waals surface area contributed by atoms with Crippen LogP contribution in [0.3, 0.4) is 0 Å². The Morgan fingerprint density at radius 3 is 2.69 bits per heavy atom. The molecule has 4 aromatic heterocycles. The van der Waals surface area contributed by atoms with Crippen molar-refractivity contribution >= 4 is 34.5 Å². The molecule has 0 aromatic carbocycles. The zero-order chi connectivity index (χ0) is 25.2. The Bertz CT molecular complexity index is 1380. The highest BCUT2D eigenvalue weighted by Crippen LogP contribution is 2.29. The van der Waals surface area contributed by atoms with E-state index in [1.807, 2.05) is 0 Å². The smallest absolute Gasteiger partial charge is 0.257 e. The Balaban J connectivity index is 1.47. The van der Waals surface area contributed by atoms with Gasteiger partial charge in [-0.05, 0) is 31.7 Å². The van der Waals surface area contributed by atoms with Gasteiger partial charge in [0, 0.05) is 24.6 Å². The number of carbonyl (C=O) groups excluding carboxylic acids is 1. The van der Waals surface area contributed by atoms with Crippen LogP contribution in [0.2, 0.25) is 5.02 Å². The molecule has 1 aliphatic carbocycles. The number of aliphatic hydroxyl groups is 1. The van der Waals surface area contributed by atoms with Crippen LogP contribution in [0.15, 0.2) is 43.2 Å². The van der Waals surface area contributed by atoms with Gasteiger partial charge in [0.1, 0.15) is 6.54 Å². The van der Waals surface area contributed by atoms with E-state index in [9.17, 15) is 18.7 Å². The summed E-state index contributed by atoms with van der Waals surface area (Å²) in [4.78, 5) is 22.0. The highest BCUT2D eigenvalue weighted by molar-refractivity contribution is 6.30. The average Bonchev–Trinajstić information content (AvgIpc) is 3.46. The third kappa shape index (κ3) is 5.29. The van der Waals surface area contributed by atoms with Crippen LogP contribution >= 0.6 is 11.6 Å². The maximum Gasteiger partial charge on any atom is 0.257 e. The van der Waals surface area contributed by atoms with Gasteiger partial charge >= 0.3 is 0 Å². The minimum atomic E-state index is -2.54. The second-order valence-electron chi connectivity index (χ2n) is 8.66. The lowest BCUT2D eigenvalue weighted by Crippen LogP contribution is -2.38. The average molecular weight is 517 g/mol. The number of rotatable bonds is 7. The van der Waals surface area contributed by atoms with Gasteiger partial charge in [0.05, 0.1) is 57.9 Å². The highest BCUT2D eigenvalue weighted by Gasteiger charge is 2.23. The van der Waals surface area contributed by atoms with Crippen molar-refractivity contribution in [3.8, 4) is 11.3 Å². The van der Waals surface area contributed by atoms with Crippen molar-refractivity contribution in [3.63, 3.8) is 0 Å². The molecule has 4 heterocycles. The van der Waals surface area contributed by atoms with Crippen LogP contribution in [0.25, 0.3) is 16.9 Å². The van der Waals surface area contributed by atoms with Gasteiger partial charge in [-0.25, -0.2) is 18.3 Å². The van der Waals surface area contributed by atoms with E-state index in [0.29, 0.717) is 59.0 Å². The van der Waals surface area contributed by atoms with Gasteiger partial charge in [0.15, 0.2) is 5.65 Å². The van der Waals surface area contributed by atoms with Crippen molar-refractivity contribution < 1.29 is 18.7 Å². The maximum atomic E-state index is 13.2. The van der Waals surface area contributed by atoms with E-state index in [1.54, 1.807) is 18.5 Å². The van der Waals surface area contributed by atoms with Gasteiger partial charge in [0.2, 0.25) is 0 Å². The van der Waals surface area contributed by atoms with Gasteiger partial charge in [-0.15, -0.1) is 0 Å². The first-order valence-electron chi connectivity index (χ1n) is 11.4. The molecule has 0 saturated heterocycles. The summed E-state index contributed by atoms with van der Waals surface area (Å²) in [7, 11) is 0. The van der Waals surface area contributed by atoms with E-state index in [2.05, 4.69) is 30.8 Å². The van der Waals surface area contributed by atoms with Crippen molar-refractivity contribution in [3.05, 3.63) is 53.8 Å². The van der Waals surface area contributed by atoms with E-state index in [0.717, 1.165) is 4.68 Å². The molecular weight excluding hydrogens is 494 g/mol. The van der Waals surface area contributed by atoms with Crippen molar-refractivity contribution in [2.45, 2.75) is 50.8 Å². The molecule has 188 valence electrons. The summed E-state index contributed by atoms with van der Waals surface area (Å²) in [6.45, 7) is -0.541. The molecule has 1 saturated carbocycles. The topological polar surface area (TPSA) is 122 Å². The molecule has 3 N–H and O–H groups in total. The first kappa shape index (κ1) is 24.1. The molecule has 36 heavy (non-hydrogen) atoms. The monoisotopic (exact) mass is 516 g/mol. The van der Waals surface area contributed by atoms with Gasteiger partial charge < -0.3 is 15.7 Å². The lowest BCUT2D eigenvalue weighted by atomic mass is 9.93. The summed E-state index contributed by atoms with van der Waals surface area (Å²) in [6, 6.07) is 1.62. The van der Waals surface area contributed by atoms with Crippen LogP contribution in [-0.4, -0.2) is 58.9 Å². The molecule has 1 amide bonds. The lowest BCUT2D eigenvalue weighted by Gasteiger charge is -2.26. The molecule has 0 bridgehead atoms. The number of aliphatic hydroxyl groups excluding tert-OH is 1. The van der Waals surface area contributed by atoms with E-state index in [4.69, 9.17) is 11.6 Å². The van der Waals surface area contributed by atoms with E-state index in [1.165, 1.54) is 29.3 Å². The summed E-state index contributed by atoms with van der Waals surface area (Å²) < 4.78 is 28.2. The quantitative estimate of drug-likeness (QED) is 0.342. The number of hydrogen-bond acceptors (Lipinski definition) is 7. The molecule has 5 rings (SSSR count). The number of anilines is 2. The second kappa shape index (κ2) is 10.2. The Morgan fingerprint density at radius 1 is 1.11 bits per heavy atom. The number of fused-ring (bicyclic) bond motifs is 1. The second-order valence-corrected chi connectivity index (χ2v) is 9.10. The molecule has 0 aliphatic heterocycles. The SMILES string of the molecule is O=C(N[C@H]1CC[C@H](O)CC1)c1cnc(-c2cnn3cc(Cl)cnc23)cc1Nc1cnn(CC(F)F)c1. The molecule has 0 atom stereocenters. The molecular formula is C23H23ClF2N8O2. The van der Waals surface area contributed by atoms with Gasteiger partial charge in [-0.2, -0.15) is 10.2 Å². The van der Waals surface area contributed by atoms with Crippen LogP contribution in [0, 0.1) is 0 Å². The summed E-state index contributed by atoms with van der Waals surface area (Å²) >= 11 is 6.00. The lowest BCUT2D eigenvalue weighted by molar-refractivity contribution is 0.0868. The zero-order valence-corrected chi connectivity index (χ0v) is 19.7. The predicted octanol–water partition coefficient (Wildman–Crippen LogP) is 3.68. The number of alkyl halides is 2. The fraction of sp³-hybridized carbons (Fsp3) is 0.348. The Morgan fingerprint density at radius 2 is 1.92 bits per heavy atom. The zero-order valence-electron chi connectivity index (χ0n) is 19.0. The van der Waals surface area contributed by atoms with Crippen LogP contribution in [0.4, 0.5) is 20.2 Å². The van der Waals surface area contributed by atoms with Crippen molar-refractivity contribution in [2.75, 3.05) is 5.32 Å². The Labute approximate surface area is 209 Å². The maximum absolute atomic E-state index is 13.2. The number of carbonyl (C=O) groups is 1. The number of nitrogens with zero attached hydrogens (tertiary/aromatic N) is 6. The number of pyridine rings is 1. The van der Waals surface area contributed by atoms with Gasteiger partial charge in [-0.1, -0.05) is 11.6 Å². The molecule has 1 fully saturated rings. The van der Waals surface area contributed by atoms with Gasteiger partial charge in [0.25, 0.3) is 12.3 Å². The minimum Gasteiger partial charge on any atom is -0.393 e. The first-order valence-corrected chi connectivity index (χ1v) is 11.8. The molecule has 13 heteroatoms. The Kier molecular flexibility index (Phi) is 6.79. The van der Waals surface area contributed by atoms with Gasteiger partial charge in [-0.3, -0.25) is 14.5 Å². The molecule has 4 aromatic rings. The molecule has 10 nitrogen and oxygen atoms in total. The molecule has 0 spiro atoms. The summed E-state index contributed by atoms with van der Waals surface area (Å²) in [6.07, 6.45) is 8.75. The highest BCUT2D eigenvalue weighted by atomic mass is 35.5. The van der Waals surface area contributed by atoms with Crippen LogP contribution in [-0.2, 0) is 6.54 Å². The summed E-state index contributed by atoms with van der Waals surface area (Å²) in [5.41, 5.74) is 2.78. The molecule has 0 radical (unpaired) electrons. The molecule has 0 unspecified atom stereocenters. The van der Waals surface area contributed by atoms with Crippen molar-refractivity contribution in [2.24, 2.45) is 0 Å². The molecule has 1 aliphatic rings. The number of amides is 1. The van der Waals surface area contributed by atoms with E-state index in [-0.39, 0.29) is 23.6 Å². The third-order valence-electron chi connectivity index (χ3n) is 6.02. The third-order valence-corrected chi connectivity index (χ3v) is 6.21. The van der Waals surface area contributed by atoms with E-state index < -0.39 is 13.0 Å².